The lowest BCUT2D eigenvalue weighted by atomic mass is 10.1. The number of amides is 4. The Morgan fingerprint density at radius 1 is 0.389 bits per heavy atom. The first-order valence-corrected chi connectivity index (χ1v) is 45.3. The lowest BCUT2D eigenvalue weighted by Crippen LogP contribution is -2.19. The Hall–Kier alpha value is -13.4. The zero-order valence-electron chi connectivity index (χ0n) is 70.2. The number of sulfonamides is 4. The third-order valence-electron chi connectivity index (χ3n) is 17.0. The van der Waals surface area contributed by atoms with Crippen LogP contribution in [-0.2, 0) is 87.2 Å². The highest BCUT2D eigenvalue weighted by atomic mass is 35.5. The number of anilines is 8. The second-order valence-corrected chi connectivity index (χ2v) is 35.6. The SMILES string of the molecule is Cc1cc(C(C)OC(=O)Nc2c(-c3ccc(NS(C)(=O)=O)c(C)n3)nnn2C)c(Cl)nn1.Cc1nc(-c2nnn(C)c2NC(=O)OC(C)c2ccccc2F)ccc1NS(C)(=O)=O.Cc1nc(-c2nnn(C)c2NC(=O)OC(C)c2ncccc2Cl)ccc1NS(C)(=O)=O.Cc1ncc(C(C)OC(=O)Nc2c(-c3ccc(NS(C)(=O)=O)c(C)n3)nnn2C)c(Cl)n1. The predicted molar refractivity (Wildman–Crippen MR) is 463 cm³/mol. The van der Waals surface area contributed by atoms with Crippen LogP contribution in [0.1, 0.15) is 109 Å². The van der Waals surface area contributed by atoms with Gasteiger partial charge in [-0.3, -0.25) is 45.1 Å². The molecule has 1 aromatic carbocycles. The number of hydrogen-bond donors (Lipinski definition) is 8. The highest BCUT2D eigenvalue weighted by Gasteiger charge is 2.28. The molecule has 11 heterocycles. The van der Waals surface area contributed by atoms with E-state index in [1.807, 2.05) is 0 Å². The Labute approximate surface area is 735 Å². The summed E-state index contributed by atoms with van der Waals surface area (Å²) in [6, 6.07) is 23.5. The second-order valence-electron chi connectivity index (χ2n) is 27.4. The number of hydrogen-bond acceptors (Lipinski definition) is 33. The molecule has 0 aliphatic carbocycles. The monoisotopic (exact) mass is 1870 g/mol. The number of aryl methyl sites for hydroxylation is 10. The van der Waals surface area contributed by atoms with Crippen molar-refractivity contribution in [3.63, 3.8) is 0 Å². The van der Waals surface area contributed by atoms with Gasteiger partial charge < -0.3 is 18.9 Å². The maximum Gasteiger partial charge on any atom is 0.413 e. The molecule has 0 bridgehead atoms. The van der Waals surface area contributed by atoms with Gasteiger partial charge in [0.15, 0.2) is 51.2 Å². The van der Waals surface area contributed by atoms with Crippen LogP contribution in [0.5, 0.6) is 0 Å². The fourth-order valence-corrected chi connectivity index (χ4v) is 14.4. The van der Waals surface area contributed by atoms with E-state index in [2.05, 4.69) is 126 Å². The Morgan fingerprint density at radius 3 is 1.03 bits per heavy atom. The molecule has 11 aromatic heterocycles. The van der Waals surface area contributed by atoms with E-state index in [4.69, 9.17) is 53.8 Å². The summed E-state index contributed by atoms with van der Waals surface area (Å²) < 4.78 is 142. The van der Waals surface area contributed by atoms with E-state index >= 15 is 0 Å². The molecule has 0 aliphatic heterocycles. The minimum atomic E-state index is -3.46. The maximum atomic E-state index is 13.9. The van der Waals surface area contributed by atoms with Crippen molar-refractivity contribution in [2.24, 2.45) is 28.2 Å². The molecule has 8 N–H and O–H groups in total. The number of benzene rings is 1. The van der Waals surface area contributed by atoms with Gasteiger partial charge in [0.2, 0.25) is 40.1 Å². The fraction of sp³-hybridized carbons (Fsp3) is 0.301. The van der Waals surface area contributed by atoms with Gasteiger partial charge in [0.25, 0.3) is 0 Å². The topological polar surface area (TPSA) is 577 Å². The Balaban J connectivity index is 0.000000190. The van der Waals surface area contributed by atoms with Crippen LogP contribution in [0.25, 0.3) is 45.6 Å². The van der Waals surface area contributed by atoms with Crippen molar-refractivity contribution in [3.05, 3.63) is 181 Å². The van der Waals surface area contributed by atoms with Crippen molar-refractivity contribution in [1.82, 2.24) is 105 Å². The molecule has 0 radical (unpaired) electrons. The van der Waals surface area contributed by atoms with Crippen LogP contribution in [-0.4, -0.2) is 188 Å². The van der Waals surface area contributed by atoms with Crippen molar-refractivity contribution < 1.29 is 76.2 Å². The molecule has 45 nitrogen and oxygen atoms in total. The van der Waals surface area contributed by atoms with E-state index in [0.717, 1.165) is 25.0 Å². The summed E-state index contributed by atoms with van der Waals surface area (Å²) in [5.74, 6) is 0.966. The van der Waals surface area contributed by atoms with Gasteiger partial charge in [0, 0.05) is 57.3 Å². The van der Waals surface area contributed by atoms with Crippen LogP contribution in [0.3, 0.4) is 0 Å². The molecule has 0 saturated heterocycles. The quantitative estimate of drug-likeness (QED) is 0.0206. The minimum Gasteiger partial charge on any atom is -0.441 e. The van der Waals surface area contributed by atoms with E-state index in [1.54, 1.807) is 176 Å². The molecule has 4 amide bonds. The number of ether oxygens (including phenoxy) is 4. The molecule has 4 unspecified atom stereocenters. The lowest BCUT2D eigenvalue weighted by molar-refractivity contribution is 0.118. The van der Waals surface area contributed by atoms with Gasteiger partial charge in [0.1, 0.15) is 41.2 Å². The lowest BCUT2D eigenvalue weighted by Gasteiger charge is -2.15. The number of carbonyl (C=O) groups is 4. The van der Waals surface area contributed by atoms with Crippen molar-refractivity contribution >= 4 is 145 Å². The van der Waals surface area contributed by atoms with Gasteiger partial charge >= 0.3 is 24.4 Å². The molecule has 4 atom stereocenters. The molecular formula is C73H83Cl3FN29O16S4. The molecule has 0 saturated carbocycles. The van der Waals surface area contributed by atoms with Gasteiger partial charge in [0.05, 0.1) is 110 Å². The average Bonchev–Trinajstić information content (AvgIpc) is 1.60. The van der Waals surface area contributed by atoms with Gasteiger partial charge in [-0.15, -0.1) is 25.5 Å². The molecule has 0 fully saturated rings. The number of halogens is 4. The van der Waals surface area contributed by atoms with Crippen LogP contribution in [0.15, 0.2) is 103 Å². The van der Waals surface area contributed by atoms with Crippen LogP contribution in [0.4, 0.5) is 69.6 Å². The van der Waals surface area contributed by atoms with Crippen LogP contribution in [0, 0.1) is 47.4 Å². The Bertz CT molecular complexity index is 6380. The van der Waals surface area contributed by atoms with Gasteiger partial charge in [-0.25, -0.2) is 106 Å². The molecule has 12 aromatic rings. The van der Waals surface area contributed by atoms with E-state index in [9.17, 15) is 57.2 Å². The highest BCUT2D eigenvalue weighted by molar-refractivity contribution is 7.92. The molecule has 0 spiro atoms. The van der Waals surface area contributed by atoms with E-state index < -0.39 is 94.7 Å². The van der Waals surface area contributed by atoms with E-state index in [-0.39, 0.29) is 61.9 Å². The van der Waals surface area contributed by atoms with E-state index in [0.29, 0.717) is 102 Å². The largest absolute Gasteiger partial charge is 0.441 e. The molecule has 12 rings (SSSR count). The first kappa shape index (κ1) is 96.4. The van der Waals surface area contributed by atoms with E-state index in [1.165, 1.54) is 43.1 Å². The van der Waals surface area contributed by atoms with Gasteiger partial charge in [-0.2, -0.15) is 5.10 Å². The highest BCUT2D eigenvalue weighted by Crippen LogP contribution is 2.35. The summed E-state index contributed by atoms with van der Waals surface area (Å²) in [4.78, 5) is 79.6. The summed E-state index contributed by atoms with van der Waals surface area (Å²) in [7, 11) is -7.46. The van der Waals surface area contributed by atoms with Gasteiger partial charge in [-0.05, 0) is 142 Å². The van der Waals surface area contributed by atoms with Crippen molar-refractivity contribution in [2.75, 3.05) is 65.2 Å². The molecule has 53 heteroatoms. The normalized spacial score (nSPS) is 12.3. The zero-order valence-corrected chi connectivity index (χ0v) is 75.7. The fourth-order valence-electron chi connectivity index (χ4n) is 11.1. The number of rotatable bonds is 24. The third kappa shape index (κ3) is 26.8. The summed E-state index contributed by atoms with van der Waals surface area (Å²) >= 11 is 18.3. The average molecular weight is 1880 g/mol. The molecule has 668 valence electrons. The number of pyridine rings is 5. The first-order chi connectivity index (χ1) is 59.0. The summed E-state index contributed by atoms with van der Waals surface area (Å²) in [6.07, 6.45) is 1.20. The molecule has 0 aliphatic rings. The van der Waals surface area contributed by atoms with Gasteiger partial charge in [-0.1, -0.05) is 73.9 Å². The van der Waals surface area contributed by atoms with Crippen molar-refractivity contribution in [2.45, 2.75) is 93.7 Å². The second kappa shape index (κ2) is 40.9. The van der Waals surface area contributed by atoms with Crippen LogP contribution >= 0.6 is 34.8 Å². The first-order valence-electron chi connectivity index (χ1n) is 36.6. The number of carbonyl (C=O) groups excluding carboxylic acids is 4. The third-order valence-corrected chi connectivity index (χ3v) is 20.3. The van der Waals surface area contributed by atoms with Crippen LogP contribution < -0.4 is 40.2 Å². The summed E-state index contributed by atoms with van der Waals surface area (Å²) in [5, 5.41) is 50.6. The Morgan fingerprint density at radius 2 is 0.714 bits per heavy atom. The smallest absolute Gasteiger partial charge is 0.413 e. The Kier molecular flexibility index (Phi) is 31.3. The predicted octanol–water partition coefficient (Wildman–Crippen LogP) is 11.2. The number of aromatic nitrogens is 21. The zero-order chi connectivity index (χ0) is 92.8. The van der Waals surface area contributed by atoms with Crippen molar-refractivity contribution in [3.8, 4) is 45.6 Å². The molecular weight excluding hydrogens is 1790 g/mol. The van der Waals surface area contributed by atoms with Crippen LogP contribution in [0.2, 0.25) is 15.3 Å². The summed E-state index contributed by atoms with van der Waals surface area (Å²) in [6.45, 7) is 16.5. The molecule has 126 heavy (non-hydrogen) atoms. The maximum absolute atomic E-state index is 13.9. The standard InChI is InChI=1S/C19H21FN6O4S.2C18H21ClN8O4S.C18H20ClN7O4S/c1-11-15(24-31(4,28)29)9-10-16(21-11)17-18(26(3)25-23-17)22-19(27)30-12(2)13-7-5-6-8-14(13)20;1-9-13(25-32(5,29)30)6-7-14(21-9)15-17(27(4)26-24-15)23-18(28)31-10(2)12-8-20-11(3)22-16(12)19;1-9-8-12(16(19)24-22-9)11(3)31-18(28)21-17-15(23-26-27(17)4)14-7-6-13(10(2)20-14)25-32(5,29)30;1-10-13(24-31(4,28)29)7-8-14(21-10)16-17(26(3)25-23-16)22-18(27)30-11(2)15-12(19)6-5-9-20-15/h5-10,12,24H,1-4H3,(H,22,27);6-8,10,25H,1-5H3,(H,23,28);6-8,11,25H,1-5H3,(H,21,28);5-9,11,24H,1-4H3,(H,22,27). The number of nitrogens with zero attached hydrogens (tertiary/aromatic N) is 21. The number of nitrogens with one attached hydrogen (secondary N) is 8. The minimum absolute atomic E-state index is 0.140. The summed E-state index contributed by atoms with van der Waals surface area (Å²) in [5.41, 5.74) is 7.93. The van der Waals surface area contributed by atoms with Crippen molar-refractivity contribution in [1.29, 1.82) is 0 Å².